The fourth-order valence-corrected chi connectivity index (χ4v) is 7.09. The van der Waals surface area contributed by atoms with Crippen LogP contribution in [0.1, 0.15) is 49.8 Å². The van der Waals surface area contributed by atoms with Crippen molar-refractivity contribution in [3.05, 3.63) is 54.4 Å². The number of nitrogens with one attached hydrogen (secondary N) is 3. The molecular formula is C26H26N6O. The van der Waals surface area contributed by atoms with Crippen LogP contribution >= 0.6 is 0 Å². The average molecular weight is 439 g/mol. The lowest BCUT2D eigenvalue weighted by Gasteiger charge is -2.57. The molecule has 7 nitrogen and oxygen atoms in total. The minimum Gasteiger partial charge on any atom is -0.363 e. The number of H-pyrrole nitrogens is 1. The number of carbonyl (C=O) groups excluding carboxylic acids is 1. The summed E-state index contributed by atoms with van der Waals surface area (Å²) in [5.41, 5.74) is 5.04. The SMILES string of the molecule is O=C1Nc2ccc(-c3cncc(NC45CC6CC(CC(C6)C4)C5)n3)cc2/C1=C/c1cnc[nH]1. The van der Waals surface area contributed by atoms with Crippen LogP contribution in [-0.2, 0) is 4.79 Å². The van der Waals surface area contributed by atoms with E-state index in [0.29, 0.717) is 5.57 Å². The van der Waals surface area contributed by atoms with Gasteiger partial charge < -0.3 is 15.6 Å². The molecule has 1 amide bonds. The van der Waals surface area contributed by atoms with Crippen molar-refractivity contribution in [1.82, 2.24) is 19.9 Å². The molecule has 2 aromatic heterocycles. The minimum absolute atomic E-state index is 0.111. The second-order valence-corrected chi connectivity index (χ2v) is 10.4. The van der Waals surface area contributed by atoms with E-state index in [-0.39, 0.29) is 11.4 Å². The zero-order chi connectivity index (χ0) is 22.0. The number of fused-ring (bicyclic) bond motifs is 1. The van der Waals surface area contributed by atoms with Crippen molar-refractivity contribution < 1.29 is 4.79 Å². The van der Waals surface area contributed by atoms with Crippen LogP contribution < -0.4 is 10.6 Å². The van der Waals surface area contributed by atoms with E-state index in [1.54, 1.807) is 18.7 Å². The van der Waals surface area contributed by atoms with Crippen molar-refractivity contribution in [1.29, 1.82) is 0 Å². The summed E-state index contributed by atoms with van der Waals surface area (Å²) in [7, 11) is 0. The van der Waals surface area contributed by atoms with Crippen molar-refractivity contribution in [3.8, 4) is 11.3 Å². The topological polar surface area (TPSA) is 95.6 Å². The Morgan fingerprint density at radius 3 is 2.52 bits per heavy atom. The molecule has 3 aromatic rings. The van der Waals surface area contributed by atoms with Gasteiger partial charge in [-0.1, -0.05) is 6.07 Å². The first kappa shape index (κ1) is 19.0. The van der Waals surface area contributed by atoms with E-state index >= 15 is 0 Å². The monoisotopic (exact) mass is 438 g/mol. The molecular weight excluding hydrogens is 412 g/mol. The van der Waals surface area contributed by atoms with Crippen molar-refractivity contribution in [2.75, 3.05) is 10.6 Å². The fourth-order valence-electron chi connectivity index (χ4n) is 7.09. The molecule has 7 heteroatoms. The highest BCUT2D eigenvalue weighted by molar-refractivity contribution is 6.35. The molecule has 3 N–H and O–H groups in total. The largest absolute Gasteiger partial charge is 0.363 e. The summed E-state index contributed by atoms with van der Waals surface area (Å²) in [6, 6.07) is 5.96. The highest BCUT2D eigenvalue weighted by Crippen LogP contribution is 2.56. The first-order valence-electron chi connectivity index (χ1n) is 11.9. The molecule has 0 saturated heterocycles. The van der Waals surface area contributed by atoms with Gasteiger partial charge in [-0.3, -0.25) is 9.78 Å². The zero-order valence-electron chi connectivity index (χ0n) is 18.3. The van der Waals surface area contributed by atoms with E-state index < -0.39 is 0 Å². The van der Waals surface area contributed by atoms with E-state index in [1.165, 1.54) is 38.5 Å². The van der Waals surface area contributed by atoms with E-state index in [4.69, 9.17) is 4.98 Å². The number of hydrogen-bond acceptors (Lipinski definition) is 5. The maximum Gasteiger partial charge on any atom is 0.256 e. The van der Waals surface area contributed by atoms with Crippen LogP contribution in [0.25, 0.3) is 22.9 Å². The Kier molecular flexibility index (Phi) is 4.04. The highest BCUT2D eigenvalue weighted by atomic mass is 16.2. The van der Waals surface area contributed by atoms with Crippen molar-refractivity contribution in [2.24, 2.45) is 17.8 Å². The van der Waals surface area contributed by atoms with Crippen LogP contribution in [-0.4, -0.2) is 31.4 Å². The number of anilines is 2. The highest BCUT2D eigenvalue weighted by Gasteiger charge is 2.51. The number of nitrogens with zero attached hydrogens (tertiary/aromatic N) is 3. The summed E-state index contributed by atoms with van der Waals surface area (Å²) in [6.07, 6.45) is 16.8. The first-order valence-corrected chi connectivity index (χ1v) is 11.9. The Hall–Kier alpha value is -3.48. The molecule has 3 heterocycles. The van der Waals surface area contributed by atoms with Gasteiger partial charge in [0.15, 0.2) is 0 Å². The molecule has 8 rings (SSSR count). The number of hydrogen-bond donors (Lipinski definition) is 3. The van der Waals surface area contributed by atoms with Gasteiger partial charge in [0.25, 0.3) is 5.91 Å². The average Bonchev–Trinajstić information content (AvgIpc) is 3.40. The molecule has 0 unspecified atom stereocenters. The summed E-state index contributed by atoms with van der Waals surface area (Å²) in [5, 5.41) is 6.78. The smallest absolute Gasteiger partial charge is 0.256 e. The Labute approximate surface area is 192 Å². The molecule has 166 valence electrons. The van der Waals surface area contributed by atoms with Gasteiger partial charge in [-0.25, -0.2) is 9.97 Å². The Morgan fingerprint density at radius 1 is 1.00 bits per heavy atom. The maximum absolute atomic E-state index is 12.6. The van der Waals surface area contributed by atoms with Gasteiger partial charge in [-0.15, -0.1) is 0 Å². The third kappa shape index (κ3) is 3.25. The number of amides is 1. The quantitative estimate of drug-likeness (QED) is 0.512. The Morgan fingerprint density at radius 2 is 1.79 bits per heavy atom. The van der Waals surface area contributed by atoms with E-state index in [9.17, 15) is 4.79 Å². The van der Waals surface area contributed by atoms with Crippen LogP contribution in [0.2, 0.25) is 0 Å². The summed E-state index contributed by atoms with van der Waals surface area (Å²) < 4.78 is 0. The van der Waals surface area contributed by atoms with Gasteiger partial charge >= 0.3 is 0 Å². The Balaban J connectivity index is 1.20. The first-order chi connectivity index (χ1) is 16.1. The molecule has 1 aromatic carbocycles. The number of aromatic nitrogens is 4. The van der Waals surface area contributed by atoms with Gasteiger partial charge in [0.05, 0.1) is 41.9 Å². The predicted octanol–water partition coefficient (Wildman–Crippen LogP) is 4.74. The zero-order valence-corrected chi connectivity index (χ0v) is 18.3. The number of benzene rings is 1. The third-order valence-corrected chi connectivity index (χ3v) is 7.98. The van der Waals surface area contributed by atoms with Crippen LogP contribution in [0.3, 0.4) is 0 Å². The minimum atomic E-state index is -0.111. The van der Waals surface area contributed by atoms with E-state index in [1.807, 2.05) is 30.5 Å². The molecule has 33 heavy (non-hydrogen) atoms. The lowest BCUT2D eigenvalue weighted by atomic mass is 9.53. The van der Waals surface area contributed by atoms with Crippen LogP contribution in [0, 0.1) is 17.8 Å². The fraction of sp³-hybridized carbons (Fsp3) is 0.385. The van der Waals surface area contributed by atoms with Gasteiger partial charge in [-0.2, -0.15) is 0 Å². The lowest BCUT2D eigenvalue weighted by Crippen LogP contribution is -2.54. The lowest BCUT2D eigenvalue weighted by molar-refractivity contribution is -0.110. The molecule has 0 spiro atoms. The van der Waals surface area contributed by atoms with Gasteiger partial charge in [0, 0.05) is 22.4 Å². The van der Waals surface area contributed by atoms with Crippen molar-refractivity contribution in [2.45, 2.75) is 44.1 Å². The second kappa shape index (κ2) is 7.01. The number of rotatable bonds is 4. The van der Waals surface area contributed by atoms with Crippen LogP contribution in [0.15, 0.2) is 43.1 Å². The molecule has 4 bridgehead atoms. The molecule has 4 fully saturated rings. The summed E-state index contributed by atoms with van der Waals surface area (Å²) in [4.78, 5) is 29.1. The van der Waals surface area contributed by atoms with E-state index in [0.717, 1.165) is 51.8 Å². The summed E-state index contributed by atoms with van der Waals surface area (Å²) in [6.45, 7) is 0. The van der Waals surface area contributed by atoms with Crippen molar-refractivity contribution in [3.63, 3.8) is 0 Å². The van der Waals surface area contributed by atoms with E-state index in [2.05, 4.69) is 25.6 Å². The van der Waals surface area contributed by atoms with Crippen molar-refractivity contribution >= 4 is 29.1 Å². The molecule has 0 radical (unpaired) electrons. The standard InChI is InChI=1S/C26H26N6O/c33-25-21(7-19-11-28-14-29-19)20-6-18(1-2-22(20)31-25)23-12-27-13-24(30-23)32-26-8-15-3-16(9-26)5-17(4-15)10-26/h1-2,6-7,11-17H,3-5,8-10H2,(H,28,29)(H,30,32)(H,31,33)/b21-7-. The number of carbonyl (C=O) groups is 1. The van der Waals surface area contributed by atoms with Crippen LogP contribution in [0.5, 0.6) is 0 Å². The predicted molar refractivity (Wildman–Crippen MR) is 127 cm³/mol. The normalized spacial score (nSPS) is 30.5. The molecule has 4 aliphatic carbocycles. The van der Waals surface area contributed by atoms with Gasteiger partial charge in [0.1, 0.15) is 5.82 Å². The Bertz CT molecular complexity index is 1240. The maximum atomic E-state index is 12.6. The second-order valence-electron chi connectivity index (χ2n) is 10.4. The molecule has 0 atom stereocenters. The summed E-state index contributed by atoms with van der Waals surface area (Å²) in [5.74, 6) is 3.38. The number of imidazole rings is 1. The number of aromatic amines is 1. The summed E-state index contributed by atoms with van der Waals surface area (Å²) >= 11 is 0. The molecule has 5 aliphatic rings. The molecule has 1 aliphatic heterocycles. The van der Waals surface area contributed by atoms with Gasteiger partial charge in [0.2, 0.25) is 0 Å². The van der Waals surface area contributed by atoms with Gasteiger partial charge in [-0.05, 0) is 74.5 Å². The third-order valence-electron chi connectivity index (χ3n) is 7.98. The van der Waals surface area contributed by atoms with Crippen LogP contribution in [0.4, 0.5) is 11.5 Å². The molecule has 4 saturated carbocycles.